The van der Waals surface area contributed by atoms with Crippen molar-refractivity contribution in [3.63, 3.8) is 0 Å². The van der Waals surface area contributed by atoms with Crippen LogP contribution in [-0.2, 0) is 14.4 Å². The van der Waals surface area contributed by atoms with E-state index in [-0.39, 0.29) is 24.4 Å². The van der Waals surface area contributed by atoms with Crippen LogP contribution in [0.2, 0.25) is 0 Å². The predicted octanol–water partition coefficient (Wildman–Crippen LogP) is 2.42. The molecule has 1 spiro atoms. The van der Waals surface area contributed by atoms with Gasteiger partial charge in [0.2, 0.25) is 11.5 Å². The average Bonchev–Trinajstić information content (AvgIpc) is 3.18. The number of nitro groups is 1. The Morgan fingerprint density at radius 1 is 1.08 bits per heavy atom. The lowest BCUT2D eigenvalue weighted by molar-refractivity contribution is -0.384. The van der Waals surface area contributed by atoms with Gasteiger partial charge in [-0.05, 0) is 12.1 Å². The van der Waals surface area contributed by atoms with Gasteiger partial charge in [-0.25, -0.2) is 4.90 Å². The molecule has 2 aliphatic rings. The maximum absolute atomic E-state index is 12.9. The smallest absolute Gasteiger partial charge is 0.281 e. The van der Waals surface area contributed by atoms with Gasteiger partial charge in [0.05, 0.1) is 22.7 Å². The number of oxime groups is 1. The van der Waals surface area contributed by atoms with Crippen LogP contribution in [0.15, 0.2) is 59.8 Å². The fraction of sp³-hybridized carbons (Fsp3) is 0.167. The Bertz CT molecular complexity index is 956. The van der Waals surface area contributed by atoms with Gasteiger partial charge in [0.1, 0.15) is 0 Å². The first-order chi connectivity index (χ1) is 12.5. The van der Waals surface area contributed by atoms with Gasteiger partial charge in [-0.1, -0.05) is 35.5 Å². The fourth-order valence-corrected chi connectivity index (χ4v) is 3.19. The van der Waals surface area contributed by atoms with Crippen LogP contribution in [0, 0.1) is 10.1 Å². The molecule has 2 aromatic rings. The lowest BCUT2D eigenvalue weighted by Gasteiger charge is -2.19. The van der Waals surface area contributed by atoms with E-state index >= 15 is 0 Å². The number of anilines is 1. The summed E-state index contributed by atoms with van der Waals surface area (Å²) in [6.45, 7) is 0. The molecular formula is C18H13N3O5. The molecule has 8 nitrogen and oxygen atoms in total. The van der Waals surface area contributed by atoms with Crippen LogP contribution in [0.4, 0.5) is 11.4 Å². The third kappa shape index (κ3) is 2.43. The van der Waals surface area contributed by atoms with Gasteiger partial charge < -0.3 is 4.84 Å². The van der Waals surface area contributed by atoms with Crippen molar-refractivity contribution in [1.29, 1.82) is 0 Å². The first-order valence-electron chi connectivity index (χ1n) is 7.92. The van der Waals surface area contributed by atoms with Crippen LogP contribution in [0.5, 0.6) is 0 Å². The largest absolute Gasteiger partial charge is 0.378 e. The maximum Gasteiger partial charge on any atom is 0.281 e. The van der Waals surface area contributed by atoms with Crippen molar-refractivity contribution in [1.82, 2.24) is 0 Å². The van der Waals surface area contributed by atoms with Crippen LogP contribution in [0.25, 0.3) is 0 Å². The first kappa shape index (κ1) is 15.9. The molecule has 8 heteroatoms. The molecule has 2 heterocycles. The number of para-hydroxylation sites is 1. The second kappa shape index (κ2) is 5.76. The molecule has 2 aliphatic heterocycles. The van der Waals surface area contributed by atoms with Crippen LogP contribution in [-0.4, -0.2) is 28.1 Å². The highest BCUT2D eigenvalue weighted by Crippen LogP contribution is 2.39. The number of rotatable bonds is 3. The molecule has 130 valence electrons. The third-order valence-corrected chi connectivity index (χ3v) is 4.47. The Morgan fingerprint density at radius 3 is 2.58 bits per heavy atom. The Balaban J connectivity index is 1.61. The molecule has 1 saturated heterocycles. The van der Waals surface area contributed by atoms with Gasteiger partial charge in [0.15, 0.2) is 0 Å². The number of imide groups is 1. The summed E-state index contributed by atoms with van der Waals surface area (Å²) in [5.74, 6) is -0.838. The summed E-state index contributed by atoms with van der Waals surface area (Å²) in [5, 5.41) is 14.9. The van der Waals surface area contributed by atoms with E-state index in [4.69, 9.17) is 4.84 Å². The number of nitrogens with zero attached hydrogens (tertiary/aromatic N) is 3. The number of benzene rings is 2. The quantitative estimate of drug-likeness (QED) is 0.480. The number of nitro benzene ring substituents is 1. The van der Waals surface area contributed by atoms with E-state index in [1.54, 1.807) is 42.5 Å². The number of carbonyl (C=O) groups is 2. The second-order valence-corrected chi connectivity index (χ2v) is 6.15. The summed E-state index contributed by atoms with van der Waals surface area (Å²) < 4.78 is 0. The number of hydrogen-bond acceptors (Lipinski definition) is 6. The molecule has 0 unspecified atom stereocenters. The van der Waals surface area contributed by atoms with Crippen LogP contribution < -0.4 is 4.90 Å². The highest BCUT2D eigenvalue weighted by molar-refractivity contribution is 6.25. The molecule has 0 aliphatic carbocycles. The molecule has 1 atom stereocenters. The molecule has 26 heavy (non-hydrogen) atoms. The van der Waals surface area contributed by atoms with E-state index in [2.05, 4.69) is 5.16 Å². The monoisotopic (exact) mass is 351 g/mol. The molecule has 1 fully saturated rings. The number of non-ortho nitro benzene ring substituents is 1. The highest BCUT2D eigenvalue weighted by atomic mass is 16.7. The van der Waals surface area contributed by atoms with Gasteiger partial charge in [-0.15, -0.1) is 0 Å². The average molecular weight is 351 g/mol. The van der Waals surface area contributed by atoms with Gasteiger partial charge in [0, 0.05) is 24.1 Å². The Hall–Kier alpha value is -3.55. The van der Waals surface area contributed by atoms with Gasteiger partial charge in [-0.3, -0.25) is 19.7 Å². The van der Waals surface area contributed by atoms with Gasteiger partial charge in [0.25, 0.3) is 11.6 Å². The van der Waals surface area contributed by atoms with Crippen molar-refractivity contribution in [2.24, 2.45) is 5.16 Å². The molecule has 0 N–H and O–H groups in total. The summed E-state index contributed by atoms with van der Waals surface area (Å²) in [5.41, 5.74) is -0.0794. The summed E-state index contributed by atoms with van der Waals surface area (Å²) in [7, 11) is 0. The zero-order valence-corrected chi connectivity index (χ0v) is 13.5. The highest BCUT2D eigenvalue weighted by Gasteiger charge is 2.58. The van der Waals surface area contributed by atoms with Crippen LogP contribution >= 0.6 is 0 Å². The third-order valence-electron chi connectivity index (χ3n) is 4.47. The maximum atomic E-state index is 12.9. The molecular weight excluding hydrogens is 338 g/mol. The summed E-state index contributed by atoms with van der Waals surface area (Å²) in [4.78, 5) is 42.3. The second-order valence-electron chi connectivity index (χ2n) is 6.15. The lowest BCUT2D eigenvalue weighted by Crippen LogP contribution is -2.40. The molecule has 4 rings (SSSR count). The normalized spacial score (nSPS) is 21.8. The molecule has 0 radical (unpaired) electrons. The minimum Gasteiger partial charge on any atom is -0.378 e. The van der Waals surface area contributed by atoms with Gasteiger partial charge >= 0.3 is 0 Å². The summed E-state index contributed by atoms with van der Waals surface area (Å²) in [6, 6.07) is 14.6. The standard InChI is InChI=1S/C18H13N3O5/c22-16-11-18(17(23)20(16)13-6-2-1-3-7-13)10-15(19-26-18)12-5-4-8-14(9-12)21(24)25/h1-9H,10-11H2/t18-/m1/s1. The van der Waals surface area contributed by atoms with Crippen molar-refractivity contribution in [2.75, 3.05) is 4.90 Å². The summed E-state index contributed by atoms with van der Waals surface area (Å²) >= 11 is 0. The topological polar surface area (TPSA) is 102 Å². The SMILES string of the molecule is O=C1C[C@]2(CC(c3cccc([N+](=O)[O-])c3)=NO2)C(=O)N1c1ccccc1. The Kier molecular flexibility index (Phi) is 3.54. The van der Waals surface area contributed by atoms with E-state index in [1.807, 2.05) is 0 Å². The van der Waals surface area contributed by atoms with Crippen LogP contribution in [0.3, 0.4) is 0 Å². The zero-order chi connectivity index (χ0) is 18.3. The molecule has 0 aromatic heterocycles. The zero-order valence-electron chi connectivity index (χ0n) is 13.5. The predicted molar refractivity (Wildman–Crippen MR) is 91.6 cm³/mol. The number of hydrogen-bond donors (Lipinski definition) is 0. The van der Waals surface area contributed by atoms with E-state index < -0.39 is 16.4 Å². The van der Waals surface area contributed by atoms with Crippen molar-refractivity contribution in [3.05, 3.63) is 70.3 Å². The van der Waals surface area contributed by atoms with Gasteiger partial charge in [-0.2, -0.15) is 0 Å². The van der Waals surface area contributed by atoms with Crippen LogP contribution in [0.1, 0.15) is 18.4 Å². The lowest BCUT2D eigenvalue weighted by atomic mass is 9.92. The molecule has 0 bridgehead atoms. The molecule has 0 saturated carbocycles. The van der Waals surface area contributed by atoms with Crippen molar-refractivity contribution in [2.45, 2.75) is 18.4 Å². The minimum atomic E-state index is -1.38. The van der Waals surface area contributed by atoms with Crippen molar-refractivity contribution < 1.29 is 19.3 Å². The summed E-state index contributed by atoms with van der Waals surface area (Å²) in [6.07, 6.45) is -0.0370. The van der Waals surface area contributed by atoms with Crippen molar-refractivity contribution in [3.8, 4) is 0 Å². The van der Waals surface area contributed by atoms with Crippen molar-refractivity contribution >= 4 is 28.9 Å². The number of carbonyl (C=O) groups excluding carboxylic acids is 2. The first-order valence-corrected chi connectivity index (χ1v) is 7.92. The minimum absolute atomic E-state index is 0.0779. The molecule has 2 amide bonds. The Labute approximate surface area is 147 Å². The van der Waals surface area contributed by atoms with E-state index in [0.29, 0.717) is 17.0 Å². The van der Waals surface area contributed by atoms with E-state index in [1.165, 1.54) is 12.1 Å². The fourth-order valence-electron chi connectivity index (χ4n) is 3.19. The van der Waals surface area contributed by atoms with E-state index in [0.717, 1.165) is 4.90 Å². The number of amides is 2. The van der Waals surface area contributed by atoms with E-state index in [9.17, 15) is 19.7 Å². The molecule has 2 aromatic carbocycles. The Morgan fingerprint density at radius 2 is 1.85 bits per heavy atom.